The standard InChI is InChI=1S/C9H5F3INO/c10-9(11,12)15-8-5-7(13)2-1-6(8)3-4-14/h1-2,5H,3H2. The van der Waals surface area contributed by atoms with Gasteiger partial charge in [0.2, 0.25) is 0 Å². The summed E-state index contributed by atoms with van der Waals surface area (Å²) in [6.45, 7) is 0. The number of nitriles is 1. The van der Waals surface area contributed by atoms with Crippen LogP contribution in [0.5, 0.6) is 5.75 Å². The molecule has 1 aromatic carbocycles. The van der Waals surface area contributed by atoms with Crippen molar-refractivity contribution in [2.75, 3.05) is 0 Å². The molecule has 0 atom stereocenters. The second kappa shape index (κ2) is 4.70. The van der Waals surface area contributed by atoms with Gasteiger partial charge >= 0.3 is 6.36 Å². The predicted octanol–water partition coefficient (Wildman–Crippen LogP) is 3.26. The third-order valence-electron chi connectivity index (χ3n) is 1.52. The molecular weight excluding hydrogens is 322 g/mol. The van der Waals surface area contributed by atoms with Gasteiger partial charge in [0, 0.05) is 9.13 Å². The van der Waals surface area contributed by atoms with E-state index in [2.05, 4.69) is 4.74 Å². The Hall–Kier alpha value is -0.970. The van der Waals surface area contributed by atoms with E-state index in [1.165, 1.54) is 12.1 Å². The molecular formula is C9H5F3INO. The summed E-state index contributed by atoms with van der Waals surface area (Å²) in [6, 6.07) is 6.10. The third kappa shape index (κ3) is 3.95. The summed E-state index contributed by atoms with van der Waals surface area (Å²) in [5.41, 5.74) is 0.232. The van der Waals surface area contributed by atoms with Gasteiger partial charge in [0.05, 0.1) is 12.5 Å². The monoisotopic (exact) mass is 327 g/mol. The zero-order valence-electron chi connectivity index (χ0n) is 7.31. The second-order valence-electron chi connectivity index (χ2n) is 2.63. The second-order valence-corrected chi connectivity index (χ2v) is 3.88. The molecule has 0 unspecified atom stereocenters. The molecule has 0 N–H and O–H groups in total. The lowest BCUT2D eigenvalue weighted by Gasteiger charge is -2.11. The minimum absolute atomic E-state index is 0.109. The van der Waals surface area contributed by atoms with Gasteiger partial charge in [0.1, 0.15) is 5.75 Å². The van der Waals surface area contributed by atoms with E-state index >= 15 is 0 Å². The smallest absolute Gasteiger partial charge is 0.405 e. The number of benzene rings is 1. The quantitative estimate of drug-likeness (QED) is 0.781. The highest BCUT2D eigenvalue weighted by atomic mass is 127. The van der Waals surface area contributed by atoms with Gasteiger partial charge in [0.15, 0.2) is 0 Å². The van der Waals surface area contributed by atoms with E-state index in [1.807, 2.05) is 22.6 Å². The molecule has 0 saturated heterocycles. The molecule has 1 rings (SSSR count). The van der Waals surface area contributed by atoms with E-state index in [1.54, 1.807) is 12.1 Å². The lowest BCUT2D eigenvalue weighted by atomic mass is 10.1. The first kappa shape index (κ1) is 12.1. The largest absolute Gasteiger partial charge is 0.573 e. The van der Waals surface area contributed by atoms with Gasteiger partial charge in [-0.05, 0) is 34.7 Å². The molecule has 0 bridgehead atoms. The van der Waals surface area contributed by atoms with Gasteiger partial charge in [-0.2, -0.15) is 5.26 Å². The normalized spacial score (nSPS) is 10.9. The molecule has 15 heavy (non-hydrogen) atoms. The Bertz CT molecular complexity index is 397. The number of ether oxygens (including phenoxy) is 1. The molecule has 0 heterocycles. The van der Waals surface area contributed by atoms with Crippen LogP contribution in [0.1, 0.15) is 5.56 Å². The molecule has 1 aromatic rings. The fourth-order valence-electron chi connectivity index (χ4n) is 0.979. The zero-order valence-corrected chi connectivity index (χ0v) is 9.46. The first-order valence-electron chi connectivity index (χ1n) is 3.83. The van der Waals surface area contributed by atoms with Gasteiger partial charge in [0.25, 0.3) is 0 Å². The number of rotatable bonds is 2. The first-order chi connectivity index (χ1) is 6.92. The Labute approximate surface area is 97.8 Å². The average Bonchev–Trinajstić information content (AvgIpc) is 2.07. The Morgan fingerprint density at radius 2 is 2.07 bits per heavy atom. The number of hydrogen-bond donors (Lipinski definition) is 0. The first-order valence-corrected chi connectivity index (χ1v) is 4.91. The van der Waals surface area contributed by atoms with Crippen LogP contribution in [0, 0.1) is 14.9 Å². The molecule has 80 valence electrons. The summed E-state index contributed by atoms with van der Waals surface area (Å²) in [5, 5.41) is 8.42. The zero-order chi connectivity index (χ0) is 11.5. The molecule has 2 nitrogen and oxygen atoms in total. The van der Waals surface area contributed by atoms with E-state index in [-0.39, 0.29) is 17.7 Å². The summed E-state index contributed by atoms with van der Waals surface area (Å²) in [7, 11) is 0. The predicted molar refractivity (Wildman–Crippen MR) is 55.2 cm³/mol. The highest BCUT2D eigenvalue weighted by molar-refractivity contribution is 14.1. The topological polar surface area (TPSA) is 33.0 Å². The van der Waals surface area contributed by atoms with E-state index in [0.29, 0.717) is 3.57 Å². The van der Waals surface area contributed by atoms with Gasteiger partial charge in [-0.3, -0.25) is 0 Å². The van der Waals surface area contributed by atoms with Crippen molar-refractivity contribution < 1.29 is 17.9 Å². The van der Waals surface area contributed by atoms with E-state index in [9.17, 15) is 13.2 Å². The van der Waals surface area contributed by atoms with E-state index in [0.717, 1.165) is 0 Å². The van der Waals surface area contributed by atoms with Crippen LogP contribution >= 0.6 is 22.6 Å². The van der Waals surface area contributed by atoms with Gasteiger partial charge in [-0.15, -0.1) is 13.2 Å². The summed E-state index contributed by atoms with van der Waals surface area (Å²) >= 11 is 1.87. The Balaban J connectivity index is 3.03. The highest BCUT2D eigenvalue weighted by Crippen LogP contribution is 2.28. The SMILES string of the molecule is N#CCc1ccc(I)cc1OC(F)(F)F. The van der Waals surface area contributed by atoms with Crippen LogP contribution in [-0.2, 0) is 6.42 Å². The maximum absolute atomic E-state index is 12.0. The Morgan fingerprint density at radius 1 is 1.40 bits per heavy atom. The van der Waals surface area contributed by atoms with Crippen molar-refractivity contribution in [2.45, 2.75) is 12.8 Å². The minimum atomic E-state index is -4.73. The number of hydrogen-bond acceptors (Lipinski definition) is 2. The van der Waals surface area contributed by atoms with Crippen LogP contribution in [0.25, 0.3) is 0 Å². The highest BCUT2D eigenvalue weighted by Gasteiger charge is 2.32. The van der Waals surface area contributed by atoms with Crippen LogP contribution in [0.4, 0.5) is 13.2 Å². The van der Waals surface area contributed by atoms with Crippen LogP contribution in [0.15, 0.2) is 18.2 Å². The summed E-state index contributed by atoms with van der Waals surface area (Å²) in [6.07, 6.45) is -4.84. The van der Waals surface area contributed by atoms with Crippen LogP contribution < -0.4 is 4.74 Å². The van der Waals surface area contributed by atoms with E-state index < -0.39 is 6.36 Å². The molecule has 0 fully saturated rings. The van der Waals surface area contributed by atoms with Crippen molar-refractivity contribution >= 4 is 22.6 Å². The summed E-state index contributed by atoms with van der Waals surface area (Å²) in [5.74, 6) is -0.309. The number of halogens is 4. The average molecular weight is 327 g/mol. The van der Waals surface area contributed by atoms with Crippen molar-refractivity contribution in [1.29, 1.82) is 5.26 Å². The molecule has 0 aliphatic carbocycles. The number of nitrogens with zero attached hydrogens (tertiary/aromatic N) is 1. The molecule has 6 heteroatoms. The van der Waals surface area contributed by atoms with Crippen molar-refractivity contribution in [3.05, 3.63) is 27.3 Å². The fraction of sp³-hybridized carbons (Fsp3) is 0.222. The summed E-state index contributed by atoms with van der Waals surface area (Å²) in [4.78, 5) is 0. The molecule has 0 spiro atoms. The maximum Gasteiger partial charge on any atom is 0.573 e. The number of alkyl halides is 3. The lowest BCUT2D eigenvalue weighted by Crippen LogP contribution is -2.18. The van der Waals surface area contributed by atoms with Crippen LogP contribution in [0.3, 0.4) is 0 Å². The fourth-order valence-corrected chi connectivity index (χ4v) is 1.44. The van der Waals surface area contributed by atoms with Gasteiger partial charge in [-0.1, -0.05) is 6.07 Å². The van der Waals surface area contributed by atoms with Crippen molar-refractivity contribution in [3.63, 3.8) is 0 Å². The van der Waals surface area contributed by atoms with Crippen LogP contribution in [-0.4, -0.2) is 6.36 Å². The summed E-state index contributed by atoms with van der Waals surface area (Å²) < 4.78 is 40.4. The van der Waals surface area contributed by atoms with Crippen molar-refractivity contribution in [2.24, 2.45) is 0 Å². The van der Waals surface area contributed by atoms with Crippen molar-refractivity contribution in [3.8, 4) is 11.8 Å². The molecule has 0 aliphatic heterocycles. The maximum atomic E-state index is 12.0. The lowest BCUT2D eigenvalue weighted by molar-refractivity contribution is -0.274. The molecule has 0 aliphatic rings. The Kier molecular flexibility index (Phi) is 3.79. The van der Waals surface area contributed by atoms with Gasteiger partial charge < -0.3 is 4.74 Å². The molecule has 0 radical (unpaired) electrons. The van der Waals surface area contributed by atoms with Gasteiger partial charge in [-0.25, -0.2) is 0 Å². The van der Waals surface area contributed by atoms with Crippen molar-refractivity contribution in [1.82, 2.24) is 0 Å². The molecule has 0 amide bonds. The van der Waals surface area contributed by atoms with E-state index in [4.69, 9.17) is 5.26 Å². The third-order valence-corrected chi connectivity index (χ3v) is 2.20. The van der Waals surface area contributed by atoms with Crippen LogP contribution in [0.2, 0.25) is 0 Å². The molecule has 0 aromatic heterocycles. The Morgan fingerprint density at radius 3 is 2.60 bits per heavy atom. The molecule has 0 saturated carbocycles. The minimum Gasteiger partial charge on any atom is -0.405 e.